The topological polar surface area (TPSA) is 96.3 Å². The normalized spacial score (nSPS) is 16.3. The number of benzene rings is 4. The highest BCUT2D eigenvalue weighted by atomic mass is 16.5. The smallest absolute Gasteiger partial charge is 0.300 e. The van der Waals surface area contributed by atoms with Crippen molar-refractivity contribution in [2.75, 3.05) is 11.5 Å². The predicted octanol–water partition coefficient (Wildman–Crippen LogP) is 7.33. The number of nitrogens with zero attached hydrogens (tertiary/aromatic N) is 1. The molecule has 1 atom stereocenters. The highest BCUT2D eigenvalue weighted by molar-refractivity contribution is 6.51. The SMILES string of the molecule is CCOc1ccc(/C(O)=C2/C(=O)C(=O)N(c3ccc(Oc4ccccc4)cc3)C2c2ccc(O)cc2)cc1C(C)C. The van der Waals surface area contributed by atoms with Crippen LogP contribution in [0.4, 0.5) is 5.69 Å². The summed E-state index contributed by atoms with van der Waals surface area (Å²) in [5.41, 5.74) is 2.26. The zero-order valence-corrected chi connectivity index (χ0v) is 23.1. The number of amides is 1. The van der Waals surface area contributed by atoms with E-state index in [1.807, 2.05) is 51.1 Å². The van der Waals surface area contributed by atoms with Crippen LogP contribution in [0.2, 0.25) is 0 Å². The number of carbonyl (C=O) groups excluding carboxylic acids is 2. The molecule has 0 spiro atoms. The second kappa shape index (κ2) is 11.6. The van der Waals surface area contributed by atoms with Gasteiger partial charge in [0.15, 0.2) is 0 Å². The van der Waals surface area contributed by atoms with E-state index in [1.165, 1.54) is 17.0 Å². The molecule has 0 radical (unpaired) electrons. The molecule has 4 aromatic carbocycles. The van der Waals surface area contributed by atoms with E-state index in [9.17, 15) is 19.8 Å². The quantitative estimate of drug-likeness (QED) is 0.136. The van der Waals surface area contributed by atoms with Gasteiger partial charge in [0.2, 0.25) is 0 Å². The van der Waals surface area contributed by atoms with Gasteiger partial charge in [0.05, 0.1) is 18.2 Å². The molecule has 5 rings (SSSR count). The first-order valence-electron chi connectivity index (χ1n) is 13.5. The van der Waals surface area contributed by atoms with Gasteiger partial charge >= 0.3 is 0 Å². The van der Waals surface area contributed by atoms with E-state index in [0.29, 0.717) is 40.7 Å². The van der Waals surface area contributed by atoms with Crippen LogP contribution >= 0.6 is 0 Å². The van der Waals surface area contributed by atoms with E-state index in [1.54, 1.807) is 54.6 Å². The van der Waals surface area contributed by atoms with Gasteiger partial charge in [-0.3, -0.25) is 14.5 Å². The maximum atomic E-state index is 13.5. The van der Waals surface area contributed by atoms with Crippen molar-refractivity contribution in [1.82, 2.24) is 0 Å². The predicted molar refractivity (Wildman–Crippen MR) is 158 cm³/mol. The maximum Gasteiger partial charge on any atom is 0.300 e. The van der Waals surface area contributed by atoms with Crippen molar-refractivity contribution in [1.29, 1.82) is 0 Å². The largest absolute Gasteiger partial charge is 0.508 e. The standard InChI is InChI=1S/C34H31NO6/c1-4-40-29-19-12-23(20-28(29)21(2)3)32(37)30-31(22-10-15-25(36)16-11-22)35(34(39)33(30)38)24-13-17-27(18-14-24)41-26-8-6-5-7-9-26/h5-21,31,36-37H,4H2,1-3H3/b32-30-. The van der Waals surface area contributed by atoms with Crippen molar-refractivity contribution >= 4 is 23.1 Å². The number of Topliss-reactive ketones (excluding diaryl/α,β-unsaturated/α-hetero) is 1. The fraction of sp³-hybridized carbons (Fsp3) is 0.176. The number of phenols is 1. The van der Waals surface area contributed by atoms with Gasteiger partial charge in [0.1, 0.15) is 28.8 Å². The first kappa shape index (κ1) is 27.5. The van der Waals surface area contributed by atoms with Crippen LogP contribution in [-0.2, 0) is 9.59 Å². The summed E-state index contributed by atoms with van der Waals surface area (Å²) in [7, 11) is 0. The fourth-order valence-corrected chi connectivity index (χ4v) is 4.96. The van der Waals surface area contributed by atoms with Gasteiger partial charge < -0.3 is 19.7 Å². The molecular formula is C34H31NO6. The minimum atomic E-state index is -0.925. The number of rotatable bonds is 8. The van der Waals surface area contributed by atoms with E-state index < -0.39 is 17.7 Å². The lowest BCUT2D eigenvalue weighted by atomic mass is 9.93. The van der Waals surface area contributed by atoms with E-state index in [-0.39, 0.29) is 23.0 Å². The summed E-state index contributed by atoms with van der Waals surface area (Å²) in [6.45, 7) is 6.42. The molecule has 0 saturated carbocycles. The van der Waals surface area contributed by atoms with Crippen molar-refractivity contribution in [3.05, 3.63) is 119 Å². The van der Waals surface area contributed by atoms with Crippen LogP contribution in [0.5, 0.6) is 23.0 Å². The molecule has 1 unspecified atom stereocenters. The Bertz CT molecular complexity index is 1590. The van der Waals surface area contributed by atoms with Crippen molar-refractivity contribution in [2.24, 2.45) is 0 Å². The number of hydrogen-bond donors (Lipinski definition) is 2. The van der Waals surface area contributed by atoms with Crippen LogP contribution in [0.1, 0.15) is 49.4 Å². The molecule has 1 fully saturated rings. The molecule has 0 aliphatic carbocycles. The lowest BCUT2D eigenvalue weighted by Crippen LogP contribution is -2.29. The van der Waals surface area contributed by atoms with Gasteiger partial charge in [0, 0.05) is 11.3 Å². The Labute approximate surface area is 238 Å². The Balaban J connectivity index is 1.60. The molecule has 4 aromatic rings. The Morgan fingerprint density at radius 1 is 0.878 bits per heavy atom. The van der Waals surface area contributed by atoms with Crippen LogP contribution in [0.25, 0.3) is 5.76 Å². The Kier molecular flexibility index (Phi) is 7.79. The van der Waals surface area contributed by atoms with Gasteiger partial charge in [0.25, 0.3) is 11.7 Å². The summed E-state index contributed by atoms with van der Waals surface area (Å²) in [4.78, 5) is 28.4. The summed E-state index contributed by atoms with van der Waals surface area (Å²) in [5, 5.41) is 21.5. The molecule has 7 nitrogen and oxygen atoms in total. The van der Waals surface area contributed by atoms with Crippen molar-refractivity contribution in [3.8, 4) is 23.0 Å². The fourth-order valence-electron chi connectivity index (χ4n) is 4.96. The van der Waals surface area contributed by atoms with Crippen LogP contribution in [0.15, 0.2) is 103 Å². The number of ether oxygens (including phenoxy) is 2. The second-order valence-corrected chi connectivity index (χ2v) is 10.0. The number of aliphatic hydroxyl groups excluding tert-OH is 1. The van der Waals surface area contributed by atoms with Crippen LogP contribution in [-0.4, -0.2) is 28.5 Å². The van der Waals surface area contributed by atoms with E-state index in [2.05, 4.69) is 0 Å². The third-order valence-corrected chi connectivity index (χ3v) is 6.95. The zero-order valence-electron chi connectivity index (χ0n) is 23.1. The molecule has 1 saturated heterocycles. The molecular weight excluding hydrogens is 518 g/mol. The number of ketones is 1. The number of phenolic OH excluding ortho intramolecular Hbond substituents is 1. The number of anilines is 1. The van der Waals surface area contributed by atoms with Gasteiger partial charge in [-0.15, -0.1) is 0 Å². The zero-order chi connectivity index (χ0) is 29.1. The van der Waals surface area contributed by atoms with Crippen molar-refractivity contribution in [2.45, 2.75) is 32.7 Å². The molecule has 0 aromatic heterocycles. The average molecular weight is 550 g/mol. The Hall–Kier alpha value is -5.04. The lowest BCUT2D eigenvalue weighted by Gasteiger charge is -2.25. The van der Waals surface area contributed by atoms with Crippen LogP contribution in [0, 0.1) is 0 Å². The highest BCUT2D eigenvalue weighted by Crippen LogP contribution is 2.43. The van der Waals surface area contributed by atoms with Crippen LogP contribution in [0.3, 0.4) is 0 Å². The van der Waals surface area contributed by atoms with Crippen molar-refractivity contribution in [3.63, 3.8) is 0 Å². The molecule has 1 aliphatic rings. The summed E-state index contributed by atoms with van der Waals surface area (Å²) >= 11 is 0. The molecule has 208 valence electrons. The number of para-hydroxylation sites is 1. The monoisotopic (exact) mass is 549 g/mol. The lowest BCUT2D eigenvalue weighted by molar-refractivity contribution is -0.132. The average Bonchev–Trinajstić information content (AvgIpc) is 3.24. The van der Waals surface area contributed by atoms with Gasteiger partial charge in [-0.25, -0.2) is 0 Å². The van der Waals surface area contributed by atoms with Gasteiger partial charge in [-0.2, -0.15) is 0 Å². The van der Waals surface area contributed by atoms with Crippen molar-refractivity contribution < 1.29 is 29.3 Å². The number of hydrogen-bond acceptors (Lipinski definition) is 6. The third kappa shape index (κ3) is 5.52. The molecule has 41 heavy (non-hydrogen) atoms. The molecule has 0 bridgehead atoms. The molecule has 2 N–H and O–H groups in total. The maximum absolute atomic E-state index is 13.5. The first-order chi connectivity index (χ1) is 19.8. The number of aliphatic hydroxyl groups is 1. The summed E-state index contributed by atoms with van der Waals surface area (Å²) in [5.74, 6) is 0.221. The molecule has 1 heterocycles. The van der Waals surface area contributed by atoms with Crippen LogP contribution < -0.4 is 14.4 Å². The second-order valence-electron chi connectivity index (χ2n) is 10.0. The summed E-state index contributed by atoms with van der Waals surface area (Å²) in [6.07, 6.45) is 0. The van der Waals surface area contributed by atoms with Gasteiger partial charge in [-0.05, 0) is 90.7 Å². The number of carbonyl (C=O) groups is 2. The minimum Gasteiger partial charge on any atom is -0.508 e. The molecule has 7 heteroatoms. The first-order valence-corrected chi connectivity index (χ1v) is 13.5. The summed E-state index contributed by atoms with van der Waals surface area (Å²) in [6, 6.07) is 26.7. The van der Waals surface area contributed by atoms with E-state index in [0.717, 1.165) is 5.56 Å². The van der Waals surface area contributed by atoms with Gasteiger partial charge in [-0.1, -0.05) is 44.2 Å². The Morgan fingerprint density at radius 2 is 1.54 bits per heavy atom. The summed E-state index contributed by atoms with van der Waals surface area (Å²) < 4.78 is 11.6. The molecule has 1 amide bonds. The highest BCUT2D eigenvalue weighted by Gasteiger charge is 2.47. The van der Waals surface area contributed by atoms with E-state index in [4.69, 9.17) is 9.47 Å². The minimum absolute atomic E-state index is 0.0378. The van der Waals surface area contributed by atoms with E-state index >= 15 is 0 Å². The third-order valence-electron chi connectivity index (χ3n) is 6.95. The Morgan fingerprint density at radius 3 is 2.17 bits per heavy atom. The number of aromatic hydroxyl groups is 1. The molecule has 1 aliphatic heterocycles.